The second-order valence-electron chi connectivity index (χ2n) is 8.61. The second kappa shape index (κ2) is 6.72. The van der Waals surface area contributed by atoms with Crippen molar-refractivity contribution in [3.63, 3.8) is 0 Å². The number of thiazole rings is 1. The third-order valence-electron chi connectivity index (χ3n) is 6.53. The lowest BCUT2D eigenvalue weighted by Crippen LogP contribution is -2.47. The maximum Gasteiger partial charge on any atom is 0.186 e. The summed E-state index contributed by atoms with van der Waals surface area (Å²) < 4.78 is 17.2. The lowest BCUT2D eigenvalue weighted by molar-refractivity contribution is 0.354. The number of piperidine rings is 1. The van der Waals surface area contributed by atoms with Gasteiger partial charge in [-0.2, -0.15) is 5.10 Å². The van der Waals surface area contributed by atoms with Crippen molar-refractivity contribution in [2.24, 2.45) is 7.05 Å². The summed E-state index contributed by atoms with van der Waals surface area (Å²) in [4.78, 5) is 11.8. The highest BCUT2D eigenvalue weighted by Gasteiger charge is 2.35. The Balaban J connectivity index is 1.33. The van der Waals surface area contributed by atoms with Crippen LogP contribution in [0.2, 0.25) is 0 Å². The molecule has 8 heteroatoms. The molecule has 0 radical (unpaired) electrons. The van der Waals surface area contributed by atoms with Crippen LogP contribution in [0, 0.1) is 5.82 Å². The van der Waals surface area contributed by atoms with Gasteiger partial charge in [-0.15, -0.1) is 0 Å². The molecule has 6 rings (SSSR count). The van der Waals surface area contributed by atoms with E-state index in [1.807, 2.05) is 18.3 Å². The Morgan fingerprint density at radius 3 is 2.80 bits per heavy atom. The fourth-order valence-corrected chi connectivity index (χ4v) is 6.00. The van der Waals surface area contributed by atoms with Crippen LogP contribution in [0.4, 0.5) is 9.52 Å². The van der Waals surface area contributed by atoms with E-state index in [9.17, 15) is 4.39 Å². The molecule has 6 nitrogen and oxygen atoms in total. The molecule has 1 aromatic carbocycles. The molecule has 3 atom stereocenters. The van der Waals surface area contributed by atoms with E-state index in [-0.39, 0.29) is 5.82 Å². The zero-order valence-electron chi connectivity index (χ0n) is 17.0. The number of rotatable bonds is 3. The summed E-state index contributed by atoms with van der Waals surface area (Å²) in [6.45, 7) is 0. The quantitative estimate of drug-likeness (QED) is 0.539. The molecule has 0 amide bonds. The number of hydrogen-bond donors (Lipinski definition) is 1. The highest BCUT2D eigenvalue weighted by Crippen LogP contribution is 2.36. The summed E-state index contributed by atoms with van der Waals surface area (Å²) in [7, 11) is 3.96. The summed E-state index contributed by atoms with van der Waals surface area (Å²) in [5.74, 6) is -0.324. The molecule has 2 bridgehead atoms. The first-order chi connectivity index (χ1) is 14.5. The van der Waals surface area contributed by atoms with E-state index in [0.29, 0.717) is 23.6 Å². The van der Waals surface area contributed by atoms with Gasteiger partial charge in [0, 0.05) is 49.4 Å². The molecule has 1 N–H and O–H groups in total. The van der Waals surface area contributed by atoms with Gasteiger partial charge in [-0.05, 0) is 43.9 Å². The Hall–Kier alpha value is -2.58. The topological polar surface area (TPSA) is 58.9 Å². The summed E-state index contributed by atoms with van der Waals surface area (Å²) in [6.07, 6.45) is 8.57. The van der Waals surface area contributed by atoms with Crippen LogP contribution in [-0.4, -0.2) is 44.9 Å². The predicted octanol–water partition coefficient (Wildman–Crippen LogP) is 4.10. The monoisotopic (exact) mass is 422 g/mol. The maximum atomic E-state index is 14.5. The van der Waals surface area contributed by atoms with Crippen LogP contribution in [0.1, 0.15) is 25.7 Å². The average Bonchev–Trinajstić information content (AvgIpc) is 3.42. The van der Waals surface area contributed by atoms with Crippen molar-refractivity contribution < 1.29 is 4.39 Å². The van der Waals surface area contributed by atoms with Crippen LogP contribution in [0.5, 0.6) is 0 Å². The number of fused-ring (bicyclic) bond motifs is 4. The van der Waals surface area contributed by atoms with Crippen LogP contribution < -0.4 is 10.2 Å². The van der Waals surface area contributed by atoms with Crippen LogP contribution in [0.3, 0.4) is 0 Å². The number of nitrogens with one attached hydrogen (secondary N) is 1. The van der Waals surface area contributed by atoms with Gasteiger partial charge in [0.25, 0.3) is 0 Å². The number of aromatic nitrogens is 4. The van der Waals surface area contributed by atoms with Crippen LogP contribution in [0.25, 0.3) is 32.4 Å². The van der Waals surface area contributed by atoms with E-state index >= 15 is 0 Å². The Morgan fingerprint density at radius 2 is 2.00 bits per heavy atom. The average molecular weight is 423 g/mol. The molecule has 2 saturated heterocycles. The second-order valence-corrected chi connectivity index (χ2v) is 9.62. The first kappa shape index (κ1) is 18.2. The van der Waals surface area contributed by atoms with Gasteiger partial charge in [0.1, 0.15) is 11.0 Å². The number of halogens is 1. The minimum absolute atomic E-state index is 0.324. The largest absolute Gasteiger partial charge is 0.348 e. The summed E-state index contributed by atoms with van der Waals surface area (Å²) >= 11 is 1.69. The SMILES string of the molecule is CN(c1nc2cnc(-c3cc(F)c4nn(C)cc4c3)cc2s1)[C@@H]1C[C@H]2CC[C@@H](C1)N2. The highest BCUT2D eigenvalue weighted by atomic mass is 32.1. The van der Waals surface area contributed by atoms with Gasteiger partial charge in [-0.25, -0.2) is 9.37 Å². The molecule has 30 heavy (non-hydrogen) atoms. The molecule has 0 saturated carbocycles. The summed E-state index contributed by atoms with van der Waals surface area (Å²) in [5.41, 5.74) is 2.79. The van der Waals surface area contributed by atoms with Gasteiger partial charge < -0.3 is 10.2 Å². The molecule has 154 valence electrons. The first-order valence-electron chi connectivity index (χ1n) is 10.4. The molecule has 0 unspecified atom stereocenters. The van der Waals surface area contributed by atoms with Crippen LogP contribution >= 0.6 is 11.3 Å². The molecule has 5 heterocycles. The first-order valence-corrected chi connectivity index (χ1v) is 11.2. The van der Waals surface area contributed by atoms with E-state index in [2.05, 4.69) is 27.3 Å². The van der Waals surface area contributed by atoms with Crippen molar-refractivity contribution in [2.75, 3.05) is 11.9 Å². The molecule has 0 spiro atoms. The molecule has 3 aromatic heterocycles. The Labute approximate surface area is 177 Å². The van der Waals surface area contributed by atoms with Crippen molar-refractivity contribution in [3.8, 4) is 11.3 Å². The number of nitrogens with zero attached hydrogens (tertiary/aromatic N) is 5. The Kier molecular flexibility index (Phi) is 4.08. The van der Waals surface area contributed by atoms with Crippen molar-refractivity contribution in [3.05, 3.63) is 36.4 Å². The highest BCUT2D eigenvalue weighted by molar-refractivity contribution is 7.22. The normalized spacial score (nSPS) is 23.5. The fraction of sp³-hybridized carbons (Fsp3) is 0.409. The minimum Gasteiger partial charge on any atom is -0.348 e. The van der Waals surface area contributed by atoms with E-state index < -0.39 is 0 Å². The van der Waals surface area contributed by atoms with E-state index in [4.69, 9.17) is 4.98 Å². The van der Waals surface area contributed by atoms with E-state index in [1.54, 1.807) is 29.3 Å². The number of benzene rings is 1. The molecule has 4 aromatic rings. The van der Waals surface area contributed by atoms with Crippen molar-refractivity contribution in [1.82, 2.24) is 25.1 Å². The zero-order valence-corrected chi connectivity index (χ0v) is 17.8. The van der Waals surface area contributed by atoms with Crippen molar-refractivity contribution in [1.29, 1.82) is 0 Å². The smallest absolute Gasteiger partial charge is 0.186 e. The lowest BCUT2D eigenvalue weighted by Gasteiger charge is -2.35. The van der Waals surface area contributed by atoms with E-state index in [1.165, 1.54) is 31.7 Å². The van der Waals surface area contributed by atoms with Crippen molar-refractivity contribution >= 4 is 37.6 Å². The van der Waals surface area contributed by atoms with Gasteiger partial charge >= 0.3 is 0 Å². The number of anilines is 1. The molecule has 2 aliphatic heterocycles. The fourth-order valence-electron chi connectivity index (χ4n) is 4.99. The lowest BCUT2D eigenvalue weighted by atomic mass is 9.99. The number of hydrogen-bond acceptors (Lipinski definition) is 6. The van der Waals surface area contributed by atoms with Crippen LogP contribution in [-0.2, 0) is 7.05 Å². The van der Waals surface area contributed by atoms with Gasteiger partial charge in [0.2, 0.25) is 0 Å². The predicted molar refractivity (Wildman–Crippen MR) is 118 cm³/mol. The van der Waals surface area contributed by atoms with E-state index in [0.717, 1.165) is 32.0 Å². The standard InChI is InChI=1S/C22H23FN6S/c1-28-11-13-5-12(6-17(23)21(13)27-28)18-9-20-19(10-24-18)26-22(30-20)29(2)16-7-14-3-4-15(8-16)25-14/h5-6,9-11,14-16,25H,3-4,7-8H2,1-2H3/t14-,15+,16-. The Morgan fingerprint density at radius 1 is 1.20 bits per heavy atom. The van der Waals surface area contributed by atoms with Gasteiger partial charge in [-0.3, -0.25) is 9.67 Å². The van der Waals surface area contributed by atoms with Gasteiger partial charge in [0.15, 0.2) is 10.9 Å². The number of aryl methyl sites for hydroxylation is 1. The third kappa shape index (κ3) is 2.97. The number of pyridine rings is 1. The minimum atomic E-state index is -0.324. The zero-order chi connectivity index (χ0) is 20.4. The summed E-state index contributed by atoms with van der Waals surface area (Å²) in [5, 5.41) is 9.70. The maximum absolute atomic E-state index is 14.5. The molecular weight excluding hydrogens is 399 g/mol. The third-order valence-corrected chi connectivity index (χ3v) is 7.64. The molecule has 0 aliphatic carbocycles. The molecular formula is C22H23FN6S. The molecule has 2 fully saturated rings. The Bertz CT molecular complexity index is 1250. The van der Waals surface area contributed by atoms with Crippen LogP contribution in [0.15, 0.2) is 30.6 Å². The van der Waals surface area contributed by atoms with Gasteiger partial charge in [-0.1, -0.05) is 11.3 Å². The van der Waals surface area contributed by atoms with Crippen molar-refractivity contribution in [2.45, 2.75) is 43.8 Å². The summed E-state index contributed by atoms with van der Waals surface area (Å²) in [6, 6.07) is 7.31. The molecule has 2 aliphatic rings. The van der Waals surface area contributed by atoms with Gasteiger partial charge in [0.05, 0.1) is 16.6 Å².